The van der Waals surface area contributed by atoms with Crippen LogP contribution in [0.4, 0.5) is 0 Å². The number of nitrogens with two attached hydrogens (primary N) is 1. The first-order valence-electron chi connectivity index (χ1n) is 4.72. The average Bonchev–Trinajstić information content (AvgIpc) is 1.79. The molecule has 0 aromatic rings. The van der Waals surface area contributed by atoms with Crippen LogP contribution in [0.5, 0.6) is 0 Å². The third-order valence-electron chi connectivity index (χ3n) is 1.51. The molecule has 0 heterocycles. The van der Waals surface area contributed by atoms with E-state index < -0.39 is 11.1 Å². The van der Waals surface area contributed by atoms with Crippen LogP contribution < -0.4 is 5.73 Å². The number of carbonyl (C=O) groups is 1. The quantitative estimate of drug-likeness (QED) is 0.681. The Balaban J connectivity index is 4.36. The van der Waals surface area contributed by atoms with Crippen molar-refractivity contribution < 1.29 is 9.53 Å². The first-order valence-corrected chi connectivity index (χ1v) is 4.72. The SMILES string of the molecule is CN(C)CC(C)(N)C(=O)OC(C)(C)C. The van der Waals surface area contributed by atoms with Crippen molar-refractivity contribution in [1.82, 2.24) is 4.90 Å². The van der Waals surface area contributed by atoms with Crippen LogP contribution in [0, 0.1) is 0 Å². The summed E-state index contributed by atoms with van der Waals surface area (Å²) in [6, 6.07) is 0. The van der Waals surface area contributed by atoms with Crippen molar-refractivity contribution in [3.63, 3.8) is 0 Å². The Labute approximate surface area is 86.4 Å². The highest BCUT2D eigenvalue weighted by Crippen LogP contribution is 2.12. The van der Waals surface area contributed by atoms with Crippen molar-refractivity contribution in [2.45, 2.75) is 38.8 Å². The summed E-state index contributed by atoms with van der Waals surface area (Å²) >= 11 is 0. The number of likely N-dealkylation sites (N-methyl/N-ethyl adjacent to an activating group) is 1. The van der Waals surface area contributed by atoms with E-state index in [1.165, 1.54) is 0 Å². The van der Waals surface area contributed by atoms with E-state index in [4.69, 9.17) is 10.5 Å². The van der Waals surface area contributed by atoms with Crippen LogP contribution in [0.15, 0.2) is 0 Å². The average molecular weight is 202 g/mol. The molecule has 0 aromatic carbocycles. The fourth-order valence-electron chi connectivity index (χ4n) is 1.12. The smallest absolute Gasteiger partial charge is 0.327 e. The second-order valence-corrected chi connectivity index (χ2v) is 5.16. The minimum absolute atomic E-state index is 0.362. The molecular weight excluding hydrogens is 180 g/mol. The Morgan fingerprint density at radius 1 is 1.29 bits per heavy atom. The highest BCUT2D eigenvalue weighted by Gasteiger charge is 2.33. The van der Waals surface area contributed by atoms with E-state index in [1.54, 1.807) is 6.92 Å². The molecule has 0 fully saturated rings. The molecule has 1 unspecified atom stereocenters. The molecule has 0 bridgehead atoms. The Hall–Kier alpha value is -0.610. The lowest BCUT2D eigenvalue weighted by molar-refractivity contribution is -0.161. The third-order valence-corrected chi connectivity index (χ3v) is 1.51. The molecule has 0 amide bonds. The van der Waals surface area contributed by atoms with Crippen molar-refractivity contribution in [1.29, 1.82) is 0 Å². The van der Waals surface area contributed by atoms with Crippen LogP contribution in [0.25, 0.3) is 0 Å². The number of carbonyl (C=O) groups excluding carboxylic acids is 1. The monoisotopic (exact) mass is 202 g/mol. The van der Waals surface area contributed by atoms with Gasteiger partial charge >= 0.3 is 5.97 Å². The van der Waals surface area contributed by atoms with Gasteiger partial charge in [0.1, 0.15) is 11.1 Å². The van der Waals surface area contributed by atoms with Gasteiger partial charge in [0.05, 0.1) is 0 Å². The minimum Gasteiger partial charge on any atom is -0.459 e. The molecule has 0 aliphatic carbocycles. The van der Waals surface area contributed by atoms with Gasteiger partial charge in [-0.3, -0.25) is 0 Å². The van der Waals surface area contributed by atoms with Crippen molar-refractivity contribution >= 4 is 5.97 Å². The van der Waals surface area contributed by atoms with Gasteiger partial charge in [0.2, 0.25) is 0 Å². The predicted octanol–water partition coefficient (Wildman–Crippen LogP) is 0.607. The second-order valence-electron chi connectivity index (χ2n) is 5.16. The van der Waals surface area contributed by atoms with E-state index in [0.717, 1.165) is 0 Å². The molecule has 14 heavy (non-hydrogen) atoms. The maximum Gasteiger partial charge on any atom is 0.327 e. The van der Waals surface area contributed by atoms with E-state index in [1.807, 2.05) is 39.8 Å². The first-order chi connectivity index (χ1) is 6.04. The largest absolute Gasteiger partial charge is 0.459 e. The predicted molar refractivity (Wildman–Crippen MR) is 57.0 cm³/mol. The van der Waals surface area contributed by atoms with Gasteiger partial charge in [-0.2, -0.15) is 0 Å². The zero-order chi connectivity index (χ0) is 11.6. The van der Waals surface area contributed by atoms with Gasteiger partial charge in [0, 0.05) is 6.54 Å². The van der Waals surface area contributed by atoms with Crippen LogP contribution in [0.1, 0.15) is 27.7 Å². The van der Waals surface area contributed by atoms with Crippen molar-refractivity contribution in [2.24, 2.45) is 5.73 Å². The summed E-state index contributed by atoms with van der Waals surface area (Å²) in [5.74, 6) is -0.362. The highest BCUT2D eigenvalue weighted by atomic mass is 16.6. The van der Waals surface area contributed by atoms with Gasteiger partial charge < -0.3 is 15.4 Å². The number of nitrogens with zero attached hydrogens (tertiary/aromatic N) is 1. The fourth-order valence-corrected chi connectivity index (χ4v) is 1.12. The van der Waals surface area contributed by atoms with Crippen molar-refractivity contribution in [3.05, 3.63) is 0 Å². The summed E-state index contributed by atoms with van der Waals surface area (Å²) in [7, 11) is 3.74. The summed E-state index contributed by atoms with van der Waals surface area (Å²) in [4.78, 5) is 13.5. The maximum absolute atomic E-state index is 11.6. The topological polar surface area (TPSA) is 55.6 Å². The molecule has 0 aliphatic heterocycles. The Morgan fingerprint density at radius 3 is 2.00 bits per heavy atom. The molecule has 0 aliphatic rings. The molecule has 0 spiro atoms. The van der Waals surface area contributed by atoms with E-state index in [-0.39, 0.29) is 5.97 Å². The lowest BCUT2D eigenvalue weighted by atomic mass is 10.0. The van der Waals surface area contributed by atoms with Crippen LogP contribution in [-0.2, 0) is 9.53 Å². The number of rotatable bonds is 3. The van der Waals surface area contributed by atoms with Gasteiger partial charge in [0.25, 0.3) is 0 Å². The molecule has 0 saturated heterocycles. The Bertz CT molecular complexity index is 205. The molecule has 84 valence electrons. The second kappa shape index (κ2) is 4.28. The van der Waals surface area contributed by atoms with Crippen LogP contribution in [0.2, 0.25) is 0 Å². The lowest BCUT2D eigenvalue weighted by Crippen LogP contribution is -2.54. The first kappa shape index (κ1) is 13.4. The van der Waals surface area contributed by atoms with Gasteiger partial charge in [0.15, 0.2) is 0 Å². The van der Waals surface area contributed by atoms with Gasteiger partial charge in [-0.15, -0.1) is 0 Å². The van der Waals surface area contributed by atoms with Gasteiger partial charge in [-0.1, -0.05) is 0 Å². The lowest BCUT2D eigenvalue weighted by Gasteiger charge is -2.30. The van der Waals surface area contributed by atoms with Crippen LogP contribution >= 0.6 is 0 Å². The molecule has 4 heteroatoms. The minimum atomic E-state index is -0.948. The summed E-state index contributed by atoms with van der Waals surface area (Å²) < 4.78 is 5.21. The molecular formula is C10H22N2O2. The van der Waals surface area contributed by atoms with E-state index in [2.05, 4.69) is 0 Å². The van der Waals surface area contributed by atoms with E-state index >= 15 is 0 Å². The van der Waals surface area contributed by atoms with Crippen molar-refractivity contribution in [3.8, 4) is 0 Å². The normalized spacial score (nSPS) is 16.6. The van der Waals surface area contributed by atoms with Gasteiger partial charge in [-0.05, 0) is 41.8 Å². The molecule has 0 radical (unpaired) electrons. The zero-order valence-electron chi connectivity index (χ0n) is 10.0. The summed E-state index contributed by atoms with van der Waals surface area (Å²) in [6.45, 7) is 7.65. The molecule has 4 nitrogen and oxygen atoms in total. The fraction of sp³-hybridized carbons (Fsp3) is 0.900. The molecule has 2 N–H and O–H groups in total. The number of hydrogen-bond acceptors (Lipinski definition) is 4. The molecule has 0 aromatic heterocycles. The van der Waals surface area contributed by atoms with E-state index in [0.29, 0.717) is 6.54 Å². The summed E-state index contributed by atoms with van der Waals surface area (Å²) in [5, 5.41) is 0. The summed E-state index contributed by atoms with van der Waals surface area (Å²) in [6.07, 6.45) is 0. The summed E-state index contributed by atoms with van der Waals surface area (Å²) in [5.41, 5.74) is 4.42. The third kappa shape index (κ3) is 5.19. The Kier molecular flexibility index (Phi) is 4.09. The number of ether oxygens (including phenoxy) is 1. The molecule has 0 rings (SSSR count). The van der Waals surface area contributed by atoms with Crippen molar-refractivity contribution in [2.75, 3.05) is 20.6 Å². The highest BCUT2D eigenvalue weighted by molar-refractivity contribution is 5.80. The zero-order valence-corrected chi connectivity index (χ0v) is 10.0. The van der Waals surface area contributed by atoms with Gasteiger partial charge in [-0.25, -0.2) is 4.79 Å². The van der Waals surface area contributed by atoms with Crippen LogP contribution in [-0.4, -0.2) is 42.6 Å². The van der Waals surface area contributed by atoms with Crippen LogP contribution in [0.3, 0.4) is 0 Å². The standard InChI is InChI=1S/C10H22N2O2/c1-9(2,3)14-8(13)10(4,11)7-12(5)6/h7,11H2,1-6H3. The van der Waals surface area contributed by atoms with E-state index in [9.17, 15) is 4.79 Å². The Morgan fingerprint density at radius 2 is 1.71 bits per heavy atom. The molecule has 1 atom stereocenters. The maximum atomic E-state index is 11.6. The number of hydrogen-bond donors (Lipinski definition) is 1. The molecule has 0 saturated carbocycles. The number of esters is 1.